The molecule has 1 heterocycles. The largest absolute Gasteiger partial charge is 0.489 e. The second-order valence-corrected chi connectivity index (χ2v) is 4.25. The van der Waals surface area contributed by atoms with Gasteiger partial charge in [0.1, 0.15) is 12.4 Å². The van der Waals surface area contributed by atoms with Gasteiger partial charge in [0.15, 0.2) is 5.75 Å². The molecular weight excluding hydrogens is 202 g/mol. The summed E-state index contributed by atoms with van der Waals surface area (Å²) in [5, 5.41) is 0. The Labute approximate surface area is 96.2 Å². The summed E-state index contributed by atoms with van der Waals surface area (Å²) < 4.78 is 5.35. The molecule has 4 nitrogen and oxygen atoms in total. The molecule has 1 fully saturated rings. The van der Waals surface area contributed by atoms with Gasteiger partial charge in [-0.1, -0.05) is 19.3 Å². The van der Waals surface area contributed by atoms with Gasteiger partial charge in [-0.05, 0) is 12.8 Å². The van der Waals surface area contributed by atoms with Crippen molar-refractivity contribution in [3.05, 3.63) is 18.2 Å². The van der Waals surface area contributed by atoms with Crippen molar-refractivity contribution in [1.29, 1.82) is 0 Å². The average molecular weight is 221 g/mol. The molecule has 1 aliphatic carbocycles. The number of aromatic nitrogens is 2. The van der Waals surface area contributed by atoms with E-state index in [1.54, 1.807) is 12.4 Å². The molecule has 2 N–H and O–H groups in total. The molecular formula is C12H19N3O. The van der Waals surface area contributed by atoms with Crippen molar-refractivity contribution < 1.29 is 4.74 Å². The summed E-state index contributed by atoms with van der Waals surface area (Å²) in [6.45, 7) is 1.04. The number of nitrogens with two attached hydrogens (primary N) is 1. The van der Waals surface area contributed by atoms with Crippen LogP contribution in [0.2, 0.25) is 0 Å². The Morgan fingerprint density at radius 3 is 2.50 bits per heavy atom. The maximum atomic E-state index is 5.36. The van der Waals surface area contributed by atoms with E-state index in [1.165, 1.54) is 32.1 Å². The standard InChI is InChI=1S/C12H19N3O/c13-6-7-16-11-8-14-12(15-9-11)10-4-2-1-3-5-10/h8-10H,1-7,13H2. The lowest BCUT2D eigenvalue weighted by molar-refractivity contribution is 0.324. The predicted octanol–water partition coefficient (Wildman–Crippen LogP) is 1.86. The maximum Gasteiger partial charge on any atom is 0.155 e. The van der Waals surface area contributed by atoms with Gasteiger partial charge in [0, 0.05) is 12.5 Å². The first-order valence-corrected chi connectivity index (χ1v) is 6.05. The molecule has 0 spiro atoms. The molecule has 0 aromatic carbocycles. The lowest BCUT2D eigenvalue weighted by atomic mass is 9.89. The van der Waals surface area contributed by atoms with Crippen LogP contribution in [0.4, 0.5) is 0 Å². The topological polar surface area (TPSA) is 61.0 Å². The van der Waals surface area contributed by atoms with E-state index < -0.39 is 0 Å². The van der Waals surface area contributed by atoms with Crippen LogP contribution in [0.1, 0.15) is 43.8 Å². The van der Waals surface area contributed by atoms with Gasteiger partial charge in [0.2, 0.25) is 0 Å². The monoisotopic (exact) mass is 221 g/mol. The van der Waals surface area contributed by atoms with Crippen molar-refractivity contribution in [3.63, 3.8) is 0 Å². The highest BCUT2D eigenvalue weighted by atomic mass is 16.5. The van der Waals surface area contributed by atoms with Crippen molar-refractivity contribution in [2.24, 2.45) is 5.73 Å². The molecule has 0 bridgehead atoms. The average Bonchev–Trinajstić information content (AvgIpc) is 2.38. The van der Waals surface area contributed by atoms with Gasteiger partial charge in [0.25, 0.3) is 0 Å². The minimum absolute atomic E-state index is 0.518. The van der Waals surface area contributed by atoms with Gasteiger partial charge in [-0.15, -0.1) is 0 Å². The summed E-state index contributed by atoms with van der Waals surface area (Å²) in [5.74, 6) is 2.24. The molecule has 0 saturated heterocycles. The Bertz CT molecular complexity index is 307. The fourth-order valence-electron chi connectivity index (χ4n) is 2.15. The molecule has 88 valence electrons. The normalized spacial score (nSPS) is 17.3. The van der Waals surface area contributed by atoms with Crippen LogP contribution in [0.25, 0.3) is 0 Å². The second kappa shape index (κ2) is 5.80. The molecule has 1 aromatic heterocycles. The zero-order chi connectivity index (χ0) is 11.2. The SMILES string of the molecule is NCCOc1cnc(C2CCCCC2)nc1. The highest BCUT2D eigenvalue weighted by Crippen LogP contribution is 2.30. The number of nitrogens with zero attached hydrogens (tertiary/aromatic N) is 2. The third-order valence-electron chi connectivity index (χ3n) is 3.01. The Morgan fingerprint density at radius 1 is 1.19 bits per heavy atom. The predicted molar refractivity (Wildman–Crippen MR) is 62.4 cm³/mol. The number of hydrogen-bond donors (Lipinski definition) is 1. The van der Waals surface area contributed by atoms with Gasteiger partial charge in [0.05, 0.1) is 12.4 Å². The van der Waals surface area contributed by atoms with Gasteiger partial charge in [-0.25, -0.2) is 9.97 Å². The molecule has 0 unspecified atom stereocenters. The van der Waals surface area contributed by atoms with Crippen LogP contribution in [-0.2, 0) is 0 Å². The van der Waals surface area contributed by atoms with Gasteiger partial charge < -0.3 is 10.5 Å². The zero-order valence-corrected chi connectivity index (χ0v) is 9.56. The summed E-state index contributed by atoms with van der Waals surface area (Å²) in [4.78, 5) is 8.76. The van der Waals surface area contributed by atoms with E-state index in [1.807, 2.05) is 0 Å². The lowest BCUT2D eigenvalue weighted by Crippen LogP contribution is -2.12. The van der Waals surface area contributed by atoms with Crippen molar-refractivity contribution in [2.75, 3.05) is 13.2 Å². The molecule has 0 radical (unpaired) electrons. The Balaban J connectivity index is 1.95. The molecule has 0 atom stereocenters. The van der Waals surface area contributed by atoms with Crippen LogP contribution < -0.4 is 10.5 Å². The summed E-state index contributed by atoms with van der Waals surface area (Å²) in [5.41, 5.74) is 5.36. The van der Waals surface area contributed by atoms with Crippen LogP contribution in [0.15, 0.2) is 12.4 Å². The van der Waals surface area contributed by atoms with E-state index in [9.17, 15) is 0 Å². The van der Waals surface area contributed by atoms with Gasteiger partial charge >= 0.3 is 0 Å². The Morgan fingerprint density at radius 2 is 1.88 bits per heavy atom. The second-order valence-electron chi connectivity index (χ2n) is 4.25. The number of rotatable bonds is 4. The third kappa shape index (κ3) is 2.92. The van der Waals surface area contributed by atoms with Crippen molar-refractivity contribution >= 4 is 0 Å². The van der Waals surface area contributed by atoms with E-state index >= 15 is 0 Å². The molecule has 2 rings (SSSR count). The van der Waals surface area contributed by atoms with Crippen molar-refractivity contribution in [1.82, 2.24) is 9.97 Å². The van der Waals surface area contributed by atoms with Crippen LogP contribution >= 0.6 is 0 Å². The molecule has 0 aliphatic heterocycles. The van der Waals surface area contributed by atoms with Crippen LogP contribution in [-0.4, -0.2) is 23.1 Å². The number of ether oxygens (including phenoxy) is 1. The van der Waals surface area contributed by atoms with E-state index in [-0.39, 0.29) is 0 Å². The zero-order valence-electron chi connectivity index (χ0n) is 9.56. The Hall–Kier alpha value is -1.16. The summed E-state index contributed by atoms with van der Waals surface area (Å²) in [6, 6.07) is 0. The molecule has 4 heteroatoms. The lowest BCUT2D eigenvalue weighted by Gasteiger charge is -2.19. The first-order valence-electron chi connectivity index (χ1n) is 6.05. The smallest absolute Gasteiger partial charge is 0.155 e. The summed E-state index contributed by atoms with van der Waals surface area (Å²) in [7, 11) is 0. The van der Waals surface area contributed by atoms with E-state index in [0.717, 1.165) is 5.82 Å². The van der Waals surface area contributed by atoms with E-state index in [4.69, 9.17) is 10.5 Å². The maximum absolute atomic E-state index is 5.36. The highest BCUT2D eigenvalue weighted by Gasteiger charge is 2.17. The van der Waals surface area contributed by atoms with Crippen LogP contribution in [0.3, 0.4) is 0 Å². The fourth-order valence-corrected chi connectivity index (χ4v) is 2.15. The highest BCUT2D eigenvalue weighted by molar-refractivity contribution is 5.13. The molecule has 1 aromatic rings. The minimum Gasteiger partial charge on any atom is -0.489 e. The van der Waals surface area contributed by atoms with Gasteiger partial charge in [-0.2, -0.15) is 0 Å². The Kier molecular flexibility index (Phi) is 4.10. The molecule has 16 heavy (non-hydrogen) atoms. The fraction of sp³-hybridized carbons (Fsp3) is 0.667. The minimum atomic E-state index is 0.518. The first-order chi connectivity index (χ1) is 7.90. The van der Waals surface area contributed by atoms with Crippen LogP contribution in [0, 0.1) is 0 Å². The molecule has 1 aliphatic rings. The van der Waals surface area contributed by atoms with Crippen LogP contribution in [0.5, 0.6) is 5.75 Å². The van der Waals surface area contributed by atoms with Gasteiger partial charge in [-0.3, -0.25) is 0 Å². The third-order valence-corrected chi connectivity index (χ3v) is 3.01. The molecule has 0 amide bonds. The number of hydrogen-bond acceptors (Lipinski definition) is 4. The quantitative estimate of drug-likeness (QED) is 0.843. The molecule has 1 saturated carbocycles. The first kappa shape index (κ1) is 11.3. The summed E-state index contributed by atoms with van der Waals surface area (Å²) in [6.07, 6.45) is 9.93. The van der Waals surface area contributed by atoms with E-state index in [0.29, 0.717) is 24.8 Å². The van der Waals surface area contributed by atoms with Crippen molar-refractivity contribution in [2.45, 2.75) is 38.0 Å². The van der Waals surface area contributed by atoms with E-state index in [2.05, 4.69) is 9.97 Å². The summed E-state index contributed by atoms with van der Waals surface area (Å²) >= 11 is 0. The van der Waals surface area contributed by atoms with Crippen molar-refractivity contribution in [3.8, 4) is 5.75 Å².